The van der Waals surface area contributed by atoms with Crippen molar-refractivity contribution in [2.45, 2.75) is 24.8 Å². The van der Waals surface area contributed by atoms with E-state index < -0.39 is 0 Å². The molecule has 4 heterocycles. The molecule has 2 atom stereocenters. The lowest BCUT2D eigenvalue weighted by molar-refractivity contribution is -0.117. The molecule has 0 saturated carbocycles. The number of nitrogens with one attached hydrogen (secondary N) is 1. The number of ketones is 1. The van der Waals surface area contributed by atoms with Crippen LogP contribution in [-0.4, -0.2) is 25.5 Å². The summed E-state index contributed by atoms with van der Waals surface area (Å²) in [5.41, 5.74) is 2.63. The first-order valence-corrected chi connectivity index (χ1v) is 8.17. The Morgan fingerprint density at radius 2 is 2.08 bits per heavy atom. The van der Waals surface area contributed by atoms with E-state index in [1.54, 1.807) is 23.3 Å². The normalized spacial score (nSPS) is 22.3. The molecule has 2 aliphatic rings. The number of hydrogen-bond donors (Lipinski definition) is 1. The van der Waals surface area contributed by atoms with Crippen LogP contribution in [0.1, 0.15) is 36.1 Å². The number of hydrogen-bond acceptors (Lipinski definition) is 6. The Balaban J connectivity index is 1.63. The molecule has 7 heteroatoms. The van der Waals surface area contributed by atoms with E-state index in [4.69, 9.17) is 4.42 Å². The minimum atomic E-state index is -0.276. The summed E-state index contributed by atoms with van der Waals surface area (Å²) in [7, 11) is 0. The summed E-state index contributed by atoms with van der Waals surface area (Å²) in [6.45, 7) is 0. The van der Waals surface area contributed by atoms with Crippen molar-refractivity contribution in [3.8, 4) is 0 Å². The fourth-order valence-electron chi connectivity index (χ4n) is 3.73. The van der Waals surface area contributed by atoms with Gasteiger partial charge in [0.25, 0.3) is 0 Å². The topological polar surface area (TPSA) is 85.8 Å². The zero-order chi connectivity index (χ0) is 16.8. The summed E-state index contributed by atoms with van der Waals surface area (Å²) in [5, 5.41) is 7.62. The summed E-state index contributed by atoms with van der Waals surface area (Å²) >= 11 is 0. The zero-order valence-electron chi connectivity index (χ0n) is 13.3. The van der Waals surface area contributed by atoms with Crippen molar-refractivity contribution in [2.75, 3.05) is 5.32 Å². The molecule has 3 aromatic rings. The highest BCUT2D eigenvalue weighted by atomic mass is 16.3. The van der Waals surface area contributed by atoms with Crippen LogP contribution in [0.2, 0.25) is 0 Å². The number of rotatable bonds is 2. The van der Waals surface area contributed by atoms with Gasteiger partial charge in [-0.3, -0.25) is 9.78 Å². The number of allylic oxidation sites excluding steroid dienone is 2. The van der Waals surface area contributed by atoms with Gasteiger partial charge in [0.1, 0.15) is 18.1 Å². The number of nitrogens with zero attached hydrogens (tertiary/aromatic N) is 4. The van der Waals surface area contributed by atoms with Crippen LogP contribution in [0.3, 0.4) is 0 Å². The summed E-state index contributed by atoms with van der Waals surface area (Å²) < 4.78 is 7.29. The maximum absolute atomic E-state index is 13.0. The molecule has 5 rings (SSSR count). The van der Waals surface area contributed by atoms with E-state index in [0.29, 0.717) is 18.8 Å². The Morgan fingerprint density at radius 1 is 1.20 bits per heavy atom. The molecule has 1 aliphatic heterocycles. The lowest BCUT2D eigenvalue weighted by Gasteiger charge is -2.34. The number of pyridine rings is 1. The lowest BCUT2D eigenvalue weighted by atomic mass is 9.80. The second-order valence-electron chi connectivity index (χ2n) is 6.27. The molecule has 0 saturated heterocycles. The van der Waals surface area contributed by atoms with Gasteiger partial charge < -0.3 is 9.73 Å². The molecule has 1 N–H and O–H groups in total. The number of aromatic nitrogens is 4. The Labute approximate surface area is 143 Å². The van der Waals surface area contributed by atoms with E-state index in [1.807, 2.05) is 24.3 Å². The van der Waals surface area contributed by atoms with E-state index in [9.17, 15) is 4.79 Å². The highest BCUT2D eigenvalue weighted by Crippen LogP contribution is 2.43. The van der Waals surface area contributed by atoms with Crippen molar-refractivity contribution in [2.24, 2.45) is 0 Å². The molecule has 0 radical (unpaired) electrons. The van der Waals surface area contributed by atoms with E-state index in [-0.39, 0.29) is 17.7 Å². The average Bonchev–Trinajstić information content (AvgIpc) is 3.32. The largest absolute Gasteiger partial charge is 0.469 e. The van der Waals surface area contributed by atoms with Gasteiger partial charge in [0, 0.05) is 36.0 Å². The standard InChI is InChI=1S/C18H15N5O2/c24-14-9-12(15-2-1-7-25-15)8-13-16(14)17(11-3-5-19-6-4-11)23-18(22-13)20-10-21-23/h1-7,10,12,17H,8-9H2,(H,20,21,22)/t12-,17-/m1/s1. The number of carbonyl (C=O) groups is 1. The molecule has 0 fully saturated rings. The smallest absolute Gasteiger partial charge is 0.226 e. The Morgan fingerprint density at radius 3 is 2.88 bits per heavy atom. The molecule has 25 heavy (non-hydrogen) atoms. The highest BCUT2D eigenvalue weighted by molar-refractivity contribution is 6.00. The minimum Gasteiger partial charge on any atom is -0.469 e. The summed E-state index contributed by atoms with van der Waals surface area (Å²) in [5.74, 6) is 1.64. The van der Waals surface area contributed by atoms with Gasteiger partial charge in [-0.15, -0.1) is 0 Å². The Kier molecular flexibility index (Phi) is 3.06. The molecular formula is C18H15N5O2. The number of Topliss-reactive ketones (excluding diaryl/α,β-unsaturated/α-hetero) is 1. The van der Waals surface area contributed by atoms with Gasteiger partial charge >= 0.3 is 0 Å². The first-order chi connectivity index (χ1) is 12.3. The number of carbonyl (C=O) groups excluding carboxylic acids is 1. The van der Waals surface area contributed by atoms with Crippen LogP contribution < -0.4 is 5.32 Å². The van der Waals surface area contributed by atoms with Crippen LogP contribution in [0.4, 0.5) is 5.95 Å². The maximum Gasteiger partial charge on any atom is 0.226 e. The number of fused-ring (bicyclic) bond motifs is 1. The molecule has 1 aliphatic carbocycles. The quantitative estimate of drug-likeness (QED) is 0.776. The Hall–Kier alpha value is -3.22. The SMILES string of the molecule is O=C1C[C@H](c2ccco2)CC2=C1[C@@H](c1ccncc1)n1ncnc1N2. The molecule has 0 spiro atoms. The first-order valence-electron chi connectivity index (χ1n) is 8.17. The van der Waals surface area contributed by atoms with E-state index >= 15 is 0 Å². The second-order valence-corrected chi connectivity index (χ2v) is 6.27. The van der Waals surface area contributed by atoms with Gasteiger partial charge in [0.05, 0.1) is 6.26 Å². The van der Waals surface area contributed by atoms with Gasteiger partial charge in [-0.2, -0.15) is 10.1 Å². The molecular weight excluding hydrogens is 318 g/mol. The van der Waals surface area contributed by atoms with Crippen molar-refractivity contribution in [3.63, 3.8) is 0 Å². The molecule has 0 bridgehead atoms. The third kappa shape index (κ3) is 2.20. The highest BCUT2D eigenvalue weighted by Gasteiger charge is 2.39. The minimum absolute atomic E-state index is 0.0429. The zero-order valence-corrected chi connectivity index (χ0v) is 13.3. The van der Waals surface area contributed by atoms with E-state index in [0.717, 1.165) is 22.6 Å². The van der Waals surface area contributed by atoms with Crippen LogP contribution in [-0.2, 0) is 4.79 Å². The van der Waals surface area contributed by atoms with Crippen LogP contribution >= 0.6 is 0 Å². The number of furan rings is 1. The van der Waals surface area contributed by atoms with Crippen LogP contribution in [0.15, 0.2) is 64.9 Å². The van der Waals surface area contributed by atoms with Crippen molar-refractivity contribution in [1.82, 2.24) is 19.7 Å². The van der Waals surface area contributed by atoms with Crippen LogP contribution in [0.25, 0.3) is 0 Å². The van der Waals surface area contributed by atoms with Gasteiger partial charge in [-0.25, -0.2) is 4.68 Å². The van der Waals surface area contributed by atoms with Crippen molar-refractivity contribution in [1.29, 1.82) is 0 Å². The maximum atomic E-state index is 13.0. The number of anilines is 1. The fraction of sp³-hybridized carbons (Fsp3) is 0.222. The summed E-state index contributed by atoms with van der Waals surface area (Å²) in [4.78, 5) is 21.4. The van der Waals surface area contributed by atoms with Crippen LogP contribution in [0, 0.1) is 0 Å². The van der Waals surface area contributed by atoms with Crippen molar-refractivity contribution in [3.05, 3.63) is 71.8 Å². The van der Waals surface area contributed by atoms with E-state index in [2.05, 4.69) is 20.4 Å². The van der Waals surface area contributed by atoms with Crippen LogP contribution in [0.5, 0.6) is 0 Å². The molecule has 0 amide bonds. The second kappa shape index (κ2) is 5.41. The Bertz CT molecular complexity index is 959. The van der Waals surface area contributed by atoms with Gasteiger partial charge in [0.15, 0.2) is 5.78 Å². The van der Waals surface area contributed by atoms with Gasteiger partial charge in [-0.1, -0.05) is 0 Å². The predicted octanol–water partition coefficient (Wildman–Crippen LogP) is 2.68. The third-order valence-corrected chi connectivity index (χ3v) is 4.83. The summed E-state index contributed by atoms with van der Waals surface area (Å²) in [6, 6.07) is 7.33. The molecule has 0 aromatic carbocycles. The summed E-state index contributed by atoms with van der Waals surface area (Å²) in [6.07, 6.45) is 7.75. The lowest BCUT2D eigenvalue weighted by Crippen LogP contribution is -2.33. The van der Waals surface area contributed by atoms with Gasteiger partial charge in [-0.05, 0) is 36.2 Å². The third-order valence-electron chi connectivity index (χ3n) is 4.83. The molecule has 0 unspecified atom stereocenters. The first kappa shape index (κ1) is 14.2. The van der Waals surface area contributed by atoms with Gasteiger partial charge in [0.2, 0.25) is 5.95 Å². The monoisotopic (exact) mass is 333 g/mol. The van der Waals surface area contributed by atoms with Crippen molar-refractivity contribution < 1.29 is 9.21 Å². The van der Waals surface area contributed by atoms with Crippen molar-refractivity contribution >= 4 is 11.7 Å². The fourth-order valence-corrected chi connectivity index (χ4v) is 3.73. The average molecular weight is 333 g/mol. The molecule has 3 aromatic heterocycles. The molecule has 124 valence electrons. The molecule has 7 nitrogen and oxygen atoms in total. The van der Waals surface area contributed by atoms with E-state index in [1.165, 1.54) is 6.33 Å². The predicted molar refractivity (Wildman–Crippen MR) is 88.7 cm³/mol.